The van der Waals surface area contributed by atoms with Crippen LogP contribution in [0.5, 0.6) is 0 Å². The van der Waals surface area contributed by atoms with Gasteiger partial charge in [0.15, 0.2) is 0 Å². The lowest BCUT2D eigenvalue weighted by Gasteiger charge is -2.07. The highest BCUT2D eigenvalue weighted by Gasteiger charge is 2.04. The second-order valence-corrected chi connectivity index (χ2v) is 3.99. The SMILES string of the molecule is C/C=C\c1ccc(/C(C)=C(\C#N)CN)cc1C. The molecular formula is C15H18N2. The van der Waals surface area contributed by atoms with Crippen molar-refractivity contribution < 1.29 is 0 Å². The summed E-state index contributed by atoms with van der Waals surface area (Å²) in [6, 6.07) is 8.35. The van der Waals surface area contributed by atoms with Crippen molar-refractivity contribution in [3.8, 4) is 6.07 Å². The van der Waals surface area contributed by atoms with Gasteiger partial charge >= 0.3 is 0 Å². The van der Waals surface area contributed by atoms with E-state index in [1.807, 2.05) is 26.0 Å². The number of aryl methyl sites for hydroxylation is 1. The Balaban J connectivity index is 3.23. The molecule has 1 rings (SSSR count). The summed E-state index contributed by atoms with van der Waals surface area (Å²) >= 11 is 0. The zero-order chi connectivity index (χ0) is 12.8. The third kappa shape index (κ3) is 3.05. The molecule has 0 fully saturated rings. The van der Waals surface area contributed by atoms with Crippen LogP contribution < -0.4 is 5.73 Å². The lowest BCUT2D eigenvalue weighted by molar-refractivity contribution is 1.18. The fraction of sp³-hybridized carbons (Fsp3) is 0.267. The van der Waals surface area contributed by atoms with E-state index in [4.69, 9.17) is 11.0 Å². The van der Waals surface area contributed by atoms with Crippen LogP contribution in [0.1, 0.15) is 30.5 Å². The molecule has 0 aromatic heterocycles. The first-order chi connectivity index (χ1) is 8.13. The van der Waals surface area contributed by atoms with Gasteiger partial charge in [0.05, 0.1) is 6.07 Å². The van der Waals surface area contributed by atoms with Crippen molar-refractivity contribution in [3.05, 3.63) is 46.5 Å². The molecule has 17 heavy (non-hydrogen) atoms. The molecule has 0 atom stereocenters. The van der Waals surface area contributed by atoms with Crippen molar-refractivity contribution in [1.82, 2.24) is 0 Å². The molecule has 0 spiro atoms. The second-order valence-electron chi connectivity index (χ2n) is 3.99. The Bertz CT molecular complexity index is 502. The summed E-state index contributed by atoms with van der Waals surface area (Å²) < 4.78 is 0. The maximum atomic E-state index is 8.97. The second kappa shape index (κ2) is 6.03. The summed E-state index contributed by atoms with van der Waals surface area (Å²) in [5.74, 6) is 0. The van der Waals surface area contributed by atoms with Crippen LogP contribution in [0, 0.1) is 18.3 Å². The highest BCUT2D eigenvalue weighted by Crippen LogP contribution is 2.21. The van der Waals surface area contributed by atoms with Gasteiger partial charge in [-0.15, -0.1) is 0 Å². The summed E-state index contributed by atoms with van der Waals surface area (Å²) in [6.45, 7) is 6.30. The molecule has 0 radical (unpaired) electrons. The van der Waals surface area contributed by atoms with Crippen molar-refractivity contribution in [3.63, 3.8) is 0 Å². The van der Waals surface area contributed by atoms with Crippen LogP contribution in [0.25, 0.3) is 11.6 Å². The number of hydrogen-bond donors (Lipinski definition) is 1. The van der Waals surface area contributed by atoms with E-state index >= 15 is 0 Å². The topological polar surface area (TPSA) is 49.8 Å². The van der Waals surface area contributed by atoms with Gasteiger partial charge < -0.3 is 5.73 Å². The van der Waals surface area contributed by atoms with Crippen LogP contribution >= 0.6 is 0 Å². The van der Waals surface area contributed by atoms with Gasteiger partial charge in [-0.05, 0) is 43.0 Å². The monoisotopic (exact) mass is 226 g/mol. The van der Waals surface area contributed by atoms with E-state index in [2.05, 4.69) is 31.2 Å². The minimum absolute atomic E-state index is 0.290. The molecule has 2 N–H and O–H groups in total. The largest absolute Gasteiger partial charge is 0.326 e. The molecule has 0 saturated heterocycles. The molecular weight excluding hydrogens is 208 g/mol. The first kappa shape index (κ1) is 13.2. The number of hydrogen-bond acceptors (Lipinski definition) is 2. The highest BCUT2D eigenvalue weighted by atomic mass is 14.5. The van der Waals surface area contributed by atoms with Crippen LogP contribution in [0.2, 0.25) is 0 Å². The van der Waals surface area contributed by atoms with Crippen molar-refractivity contribution in [1.29, 1.82) is 5.26 Å². The summed E-state index contributed by atoms with van der Waals surface area (Å²) in [5.41, 5.74) is 10.6. The number of allylic oxidation sites excluding steroid dienone is 2. The van der Waals surface area contributed by atoms with Crippen molar-refractivity contribution in [2.75, 3.05) is 6.54 Å². The number of benzene rings is 1. The Hall–Kier alpha value is -1.85. The summed E-state index contributed by atoms with van der Waals surface area (Å²) in [5, 5.41) is 8.97. The number of nitriles is 1. The molecule has 88 valence electrons. The number of rotatable bonds is 3. The standard InChI is InChI=1S/C15H18N2/c1-4-5-13-6-7-14(8-11(13)2)12(3)15(9-16)10-17/h4-8H,9,16H2,1-3H3/b5-4-,15-12-. The van der Waals surface area contributed by atoms with Gasteiger partial charge in [-0.2, -0.15) is 5.26 Å². The molecule has 2 heteroatoms. The van der Waals surface area contributed by atoms with Gasteiger partial charge in [0, 0.05) is 12.1 Å². The molecule has 2 nitrogen and oxygen atoms in total. The van der Waals surface area contributed by atoms with Crippen LogP contribution in [-0.4, -0.2) is 6.54 Å². The summed E-state index contributed by atoms with van der Waals surface area (Å²) in [6.07, 6.45) is 4.09. The zero-order valence-corrected chi connectivity index (χ0v) is 10.6. The molecule has 0 amide bonds. The van der Waals surface area contributed by atoms with Gasteiger partial charge in [0.25, 0.3) is 0 Å². The quantitative estimate of drug-likeness (QED) is 0.804. The summed E-state index contributed by atoms with van der Waals surface area (Å²) in [4.78, 5) is 0. The average molecular weight is 226 g/mol. The van der Waals surface area contributed by atoms with Gasteiger partial charge in [-0.25, -0.2) is 0 Å². The van der Waals surface area contributed by atoms with Crippen molar-refractivity contribution in [2.45, 2.75) is 20.8 Å². The van der Waals surface area contributed by atoms with E-state index < -0.39 is 0 Å². The van der Waals surface area contributed by atoms with E-state index in [1.54, 1.807) is 0 Å². The lowest BCUT2D eigenvalue weighted by atomic mass is 9.97. The smallest absolute Gasteiger partial charge is 0.0963 e. The molecule has 0 bridgehead atoms. The highest BCUT2D eigenvalue weighted by molar-refractivity contribution is 5.72. The molecule has 1 aromatic carbocycles. The van der Waals surface area contributed by atoms with Gasteiger partial charge in [-0.1, -0.05) is 30.4 Å². The maximum absolute atomic E-state index is 8.97. The summed E-state index contributed by atoms with van der Waals surface area (Å²) in [7, 11) is 0. The Morgan fingerprint density at radius 1 is 1.47 bits per heavy atom. The van der Waals surface area contributed by atoms with E-state index in [1.165, 1.54) is 11.1 Å². The number of nitrogens with two attached hydrogens (primary N) is 1. The third-order valence-corrected chi connectivity index (χ3v) is 2.84. The van der Waals surface area contributed by atoms with Gasteiger partial charge in [0.2, 0.25) is 0 Å². The molecule has 0 heterocycles. The Morgan fingerprint density at radius 2 is 2.18 bits per heavy atom. The first-order valence-corrected chi connectivity index (χ1v) is 5.67. The van der Waals surface area contributed by atoms with Crippen molar-refractivity contribution >= 4 is 11.6 Å². The van der Waals surface area contributed by atoms with Crippen LogP contribution in [-0.2, 0) is 0 Å². The molecule has 0 aliphatic rings. The van der Waals surface area contributed by atoms with E-state index in [-0.39, 0.29) is 6.54 Å². The van der Waals surface area contributed by atoms with Crippen LogP contribution in [0.15, 0.2) is 29.8 Å². The van der Waals surface area contributed by atoms with E-state index in [9.17, 15) is 0 Å². The average Bonchev–Trinajstić information content (AvgIpc) is 2.33. The van der Waals surface area contributed by atoms with Gasteiger partial charge in [-0.3, -0.25) is 0 Å². The third-order valence-electron chi connectivity index (χ3n) is 2.84. The predicted molar refractivity (Wildman–Crippen MR) is 73.1 cm³/mol. The van der Waals surface area contributed by atoms with Gasteiger partial charge in [0.1, 0.15) is 0 Å². The van der Waals surface area contributed by atoms with Crippen LogP contribution in [0.3, 0.4) is 0 Å². The molecule has 0 aliphatic carbocycles. The Kier molecular flexibility index (Phi) is 4.68. The van der Waals surface area contributed by atoms with E-state index in [0.717, 1.165) is 11.1 Å². The number of nitrogens with zero attached hydrogens (tertiary/aromatic N) is 1. The first-order valence-electron chi connectivity index (χ1n) is 5.67. The minimum atomic E-state index is 0.290. The molecule has 0 saturated carbocycles. The maximum Gasteiger partial charge on any atom is 0.0963 e. The normalized spacial score (nSPS) is 12.4. The van der Waals surface area contributed by atoms with Crippen LogP contribution in [0.4, 0.5) is 0 Å². The Labute approximate surface area is 103 Å². The molecule has 0 aliphatic heterocycles. The lowest BCUT2D eigenvalue weighted by Crippen LogP contribution is -2.03. The molecule has 1 aromatic rings. The van der Waals surface area contributed by atoms with E-state index in [0.29, 0.717) is 5.57 Å². The van der Waals surface area contributed by atoms with Crippen molar-refractivity contribution in [2.24, 2.45) is 5.73 Å². The zero-order valence-electron chi connectivity index (χ0n) is 10.6. The molecule has 0 unspecified atom stereocenters. The fourth-order valence-corrected chi connectivity index (χ4v) is 1.73. The fourth-order valence-electron chi connectivity index (χ4n) is 1.73. The predicted octanol–water partition coefficient (Wildman–Crippen LogP) is 3.28. The Morgan fingerprint density at radius 3 is 2.65 bits per heavy atom. The minimum Gasteiger partial charge on any atom is -0.326 e.